The Kier molecular flexibility index (Phi) is 5.01. The maximum absolute atomic E-state index is 8.88. The van der Waals surface area contributed by atoms with Crippen molar-refractivity contribution in [3.8, 4) is 6.07 Å². The largest absolute Gasteiger partial charge is 0.198 e. The lowest BCUT2D eigenvalue weighted by atomic mass is 9.98. The summed E-state index contributed by atoms with van der Waals surface area (Å²) in [6.45, 7) is 7.77. The number of rotatable bonds is 4. The second-order valence-electron chi connectivity index (χ2n) is 4.14. The van der Waals surface area contributed by atoms with Crippen molar-refractivity contribution in [2.45, 2.75) is 20.3 Å². The SMILES string of the molecule is C=CC(C#N)C/C(C)=C/C1=C(C)C=C=CC=C1. The molecule has 0 aromatic heterocycles. The van der Waals surface area contributed by atoms with Crippen molar-refractivity contribution < 1.29 is 0 Å². The molecule has 1 heteroatoms. The summed E-state index contributed by atoms with van der Waals surface area (Å²) in [4.78, 5) is 0. The predicted octanol–water partition coefficient (Wildman–Crippen LogP) is 4.25. The van der Waals surface area contributed by atoms with Crippen LogP contribution in [0, 0.1) is 17.2 Å². The van der Waals surface area contributed by atoms with Crippen LogP contribution in [0.4, 0.5) is 0 Å². The Morgan fingerprint density at radius 2 is 2.41 bits per heavy atom. The molecule has 0 aromatic rings. The molecule has 0 saturated carbocycles. The van der Waals surface area contributed by atoms with Gasteiger partial charge in [-0.15, -0.1) is 12.3 Å². The van der Waals surface area contributed by atoms with Crippen LogP contribution in [0.5, 0.6) is 0 Å². The summed E-state index contributed by atoms with van der Waals surface area (Å²) in [6.07, 6.45) is 12.4. The third kappa shape index (κ3) is 4.15. The topological polar surface area (TPSA) is 23.8 Å². The molecule has 17 heavy (non-hydrogen) atoms. The molecule has 0 amide bonds. The van der Waals surface area contributed by atoms with Crippen LogP contribution in [0.15, 0.2) is 65.5 Å². The average molecular weight is 223 g/mol. The summed E-state index contributed by atoms with van der Waals surface area (Å²) in [5, 5.41) is 8.88. The van der Waals surface area contributed by atoms with E-state index in [0.717, 1.165) is 6.42 Å². The van der Waals surface area contributed by atoms with Crippen LogP contribution < -0.4 is 0 Å². The van der Waals surface area contributed by atoms with E-state index in [1.807, 2.05) is 25.2 Å². The lowest BCUT2D eigenvalue weighted by molar-refractivity contribution is 0.810. The number of allylic oxidation sites excluding steroid dienone is 8. The van der Waals surface area contributed by atoms with Crippen molar-refractivity contribution in [2.24, 2.45) is 5.92 Å². The molecule has 0 radical (unpaired) electrons. The lowest BCUT2D eigenvalue weighted by Gasteiger charge is -2.05. The van der Waals surface area contributed by atoms with E-state index in [4.69, 9.17) is 5.26 Å². The molecule has 0 aromatic carbocycles. The van der Waals surface area contributed by atoms with Gasteiger partial charge in [0, 0.05) is 0 Å². The smallest absolute Gasteiger partial charge is 0.0700 e. The van der Waals surface area contributed by atoms with Gasteiger partial charge < -0.3 is 0 Å². The van der Waals surface area contributed by atoms with Gasteiger partial charge in [-0.25, -0.2) is 0 Å². The molecule has 0 heterocycles. The van der Waals surface area contributed by atoms with E-state index in [9.17, 15) is 0 Å². The zero-order chi connectivity index (χ0) is 12.7. The van der Waals surface area contributed by atoms with E-state index in [0.29, 0.717) is 0 Å². The minimum atomic E-state index is -0.101. The van der Waals surface area contributed by atoms with E-state index in [2.05, 4.69) is 37.5 Å². The summed E-state index contributed by atoms with van der Waals surface area (Å²) < 4.78 is 0. The van der Waals surface area contributed by atoms with Gasteiger partial charge in [-0.3, -0.25) is 0 Å². The molecule has 1 nitrogen and oxygen atoms in total. The Balaban J connectivity index is 2.86. The number of nitriles is 1. The van der Waals surface area contributed by atoms with Crippen molar-refractivity contribution in [2.75, 3.05) is 0 Å². The van der Waals surface area contributed by atoms with Crippen LogP contribution >= 0.6 is 0 Å². The van der Waals surface area contributed by atoms with Gasteiger partial charge in [0.1, 0.15) is 0 Å². The number of nitrogens with zero attached hydrogens (tertiary/aromatic N) is 1. The molecule has 0 N–H and O–H groups in total. The van der Waals surface area contributed by atoms with Gasteiger partial charge in [-0.1, -0.05) is 29.9 Å². The normalized spacial score (nSPS) is 16.6. The minimum absolute atomic E-state index is 0.101. The zero-order valence-electron chi connectivity index (χ0n) is 10.4. The molecular weight excluding hydrogens is 206 g/mol. The number of hydrogen-bond donors (Lipinski definition) is 0. The standard InChI is InChI=1S/C16H17N/c1-4-15(12-17)10-13(2)11-16-9-7-5-6-8-14(16)3/h4-5,7-9,11,15H,1,10H2,2-3H3/b13-11+. The second kappa shape index (κ2) is 6.53. The van der Waals surface area contributed by atoms with Crippen LogP contribution in [0.1, 0.15) is 20.3 Å². The Bertz CT molecular complexity index is 486. The average Bonchev–Trinajstić information content (AvgIpc) is 2.52. The first-order valence-electron chi connectivity index (χ1n) is 5.66. The summed E-state index contributed by atoms with van der Waals surface area (Å²) in [6, 6.07) is 2.22. The molecular formula is C16H17N. The first-order chi connectivity index (χ1) is 8.17. The van der Waals surface area contributed by atoms with Gasteiger partial charge in [0.15, 0.2) is 0 Å². The fourth-order valence-corrected chi connectivity index (χ4v) is 1.61. The third-order valence-electron chi connectivity index (χ3n) is 2.62. The molecule has 0 aliphatic heterocycles. The van der Waals surface area contributed by atoms with Gasteiger partial charge in [0.2, 0.25) is 0 Å². The van der Waals surface area contributed by atoms with Gasteiger partial charge in [0.25, 0.3) is 0 Å². The molecule has 1 aliphatic rings. The molecule has 1 aliphatic carbocycles. The highest BCUT2D eigenvalue weighted by molar-refractivity contribution is 5.43. The van der Waals surface area contributed by atoms with Crippen LogP contribution in [0.3, 0.4) is 0 Å². The molecule has 0 fully saturated rings. The summed E-state index contributed by atoms with van der Waals surface area (Å²) in [7, 11) is 0. The van der Waals surface area contributed by atoms with Gasteiger partial charge >= 0.3 is 0 Å². The predicted molar refractivity (Wildman–Crippen MR) is 72.2 cm³/mol. The first-order valence-corrected chi connectivity index (χ1v) is 5.66. The highest BCUT2D eigenvalue weighted by atomic mass is 14.3. The maximum Gasteiger partial charge on any atom is 0.0700 e. The van der Waals surface area contributed by atoms with Gasteiger partial charge in [0.05, 0.1) is 12.0 Å². The van der Waals surface area contributed by atoms with Crippen LogP contribution in [-0.2, 0) is 0 Å². The highest BCUT2D eigenvalue weighted by Gasteiger charge is 2.03. The molecule has 1 rings (SSSR count). The fraction of sp³-hybridized carbons (Fsp3) is 0.250. The van der Waals surface area contributed by atoms with Crippen molar-refractivity contribution in [3.05, 3.63) is 65.5 Å². The Morgan fingerprint density at radius 1 is 1.65 bits per heavy atom. The lowest BCUT2D eigenvalue weighted by Crippen LogP contribution is -1.93. The second-order valence-corrected chi connectivity index (χ2v) is 4.14. The zero-order valence-corrected chi connectivity index (χ0v) is 10.4. The van der Waals surface area contributed by atoms with Crippen molar-refractivity contribution in [1.29, 1.82) is 5.26 Å². The van der Waals surface area contributed by atoms with E-state index in [1.165, 1.54) is 16.7 Å². The Morgan fingerprint density at radius 3 is 3.06 bits per heavy atom. The molecule has 0 spiro atoms. The van der Waals surface area contributed by atoms with Crippen LogP contribution in [0.25, 0.3) is 0 Å². The van der Waals surface area contributed by atoms with Gasteiger partial charge in [-0.2, -0.15) is 5.26 Å². The third-order valence-corrected chi connectivity index (χ3v) is 2.62. The van der Waals surface area contributed by atoms with Crippen LogP contribution in [0.2, 0.25) is 0 Å². The fourth-order valence-electron chi connectivity index (χ4n) is 1.61. The summed E-state index contributed by atoms with van der Waals surface area (Å²) in [5.74, 6) is -0.101. The molecule has 1 unspecified atom stereocenters. The van der Waals surface area contributed by atoms with Crippen molar-refractivity contribution in [3.63, 3.8) is 0 Å². The van der Waals surface area contributed by atoms with E-state index >= 15 is 0 Å². The van der Waals surface area contributed by atoms with Gasteiger partial charge in [-0.05, 0) is 43.6 Å². The quantitative estimate of drug-likeness (QED) is 0.516. The Labute approximate surface area is 103 Å². The minimum Gasteiger partial charge on any atom is -0.198 e. The van der Waals surface area contributed by atoms with Crippen molar-refractivity contribution in [1.82, 2.24) is 0 Å². The van der Waals surface area contributed by atoms with E-state index in [1.54, 1.807) is 6.08 Å². The summed E-state index contributed by atoms with van der Waals surface area (Å²) >= 11 is 0. The monoisotopic (exact) mass is 223 g/mol. The summed E-state index contributed by atoms with van der Waals surface area (Å²) in [5.41, 5.74) is 6.61. The molecule has 1 atom stereocenters. The number of hydrogen-bond acceptors (Lipinski definition) is 1. The van der Waals surface area contributed by atoms with E-state index in [-0.39, 0.29) is 5.92 Å². The van der Waals surface area contributed by atoms with Crippen LogP contribution in [-0.4, -0.2) is 0 Å². The van der Waals surface area contributed by atoms with Crippen molar-refractivity contribution >= 4 is 0 Å². The first kappa shape index (κ1) is 13.0. The van der Waals surface area contributed by atoms with E-state index < -0.39 is 0 Å². The molecule has 86 valence electrons. The molecule has 0 saturated heterocycles. The Hall–Kier alpha value is -2.03. The maximum atomic E-state index is 8.88. The molecule has 0 bridgehead atoms. The highest BCUT2D eigenvalue weighted by Crippen LogP contribution is 2.18.